The van der Waals surface area contributed by atoms with Crippen LogP contribution in [0.15, 0.2) is 28.8 Å². The second-order valence-electron chi connectivity index (χ2n) is 6.62. The van der Waals surface area contributed by atoms with Crippen molar-refractivity contribution in [2.24, 2.45) is 0 Å². The van der Waals surface area contributed by atoms with Crippen molar-refractivity contribution in [1.82, 2.24) is 20.4 Å². The van der Waals surface area contributed by atoms with Crippen molar-refractivity contribution < 1.29 is 14.1 Å². The van der Waals surface area contributed by atoms with Crippen LogP contribution in [-0.2, 0) is 4.74 Å². The predicted octanol–water partition coefficient (Wildman–Crippen LogP) is 3.32. The number of carbonyl (C=O) groups is 1. The number of nitrogens with zero attached hydrogens (tertiary/aromatic N) is 3. The Bertz CT molecular complexity index is 738. The molecule has 2 heterocycles. The third kappa shape index (κ3) is 4.22. The minimum atomic E-state index is -0.223. The molecule has 1 aliphatic rings. The molecule has 0 saturated carbocycles. The third-order valence-electron chi connectivity index (χ3n) is 4.70. The Hall–Kier alpha value is -2.41. The van der Waals surface area contributed by atoms with Gasteiger partial charge >= 0.3 is 6.09 Å². The quantitative estimate of drug-likeness (QED) is 0.883. The SMILES string of the molecule is CCOC(=O)N1CCC(NC(C)c2nc(-c3ccccc3C)no2)CC1. The lowest BCUT2D eigenvalue weighted by atomic mass is 10.0. The molecule has 1 fully saturated rings. The van der Waals surface area contributed by atoms with Crippen LogP contribution in [0.1, 0.15) is 44.2 Å². The Labute approximate surface area is 153 Å². The van der Waals surface area contributed by atoms with Gasteiger partial charge in [0.1, 0.15) is 0 Å². The summed E-state index contributed by atoms with van der Waals surface area (Å²) in [5.74, 6) is 1.19. The average molecular weight is 358 g/mol. The minimum absolute atomic E-state index is 0.0422. The fourth-order valence-electron chi connectivity index (χ4n) is 3.21. The number of likely N-dealkylation sites (tertiary alicyclic amines) is 1. The van der Waals surface area contributed by atoms with E-state index in [1.165, 1.54) is 0 Å². The lowest BCUT2D eigenvalue weighted by Gasteiger charge is -2.32. The number of hydrogen-bond donors (Lipinski definition) is 1. The molecule has 1 atom stereocenters. The summed E-state index contributed by atoms with van der Waals surface area (Å²) in [5.41, 5.74) is 2.10. The summed E-state index contributed by atoms with van der Waals surface area (Å²) in [6.07, 6.45) is 1.53. The number of rotatable bonds is 5. The van der Waals surface area contributed by atoms with Crippen molar-refractivity contribution in [1.29, 1.82) is 0 Å². The Morgan fingerprint density at radius 2 is 2.12 bits per heavy atom. The van der Waals surface area contributed by atoms with Crippen LogP contribution in [0.25, 0.3) is 11.4 Å². The fraction of sp³-hybridized carbons (Fsp3) is 0.526. The number of ether oxygens (including phenoxy) is 1. The molecule has 1 aliphatic heterocycles. The van der Waals surface area contributed by atoms with Crippen LogP contribution in [0.2, 0.25) is 0 Å². The van der Waals surface area contributed by atoms with E-state index in [9.17, 15) is 4.79 Å². The van der Waals surface area contributed by atoms with Crippen molar-refractivity contribution in [3.63, 3.8) is 0 Å². The maximum absolute atomic E-state index is 11.8. The summed E-state index contributed by atoms with van der Waals surface area (Å²) < 4.78 is 10.5. The zero-order valence-electron chi connectivity index (χ0n) is 15.6. The van der Waals surface area contributed by atoms with E-state index in [1.54, 1.807) is 4.90 Å². The Morgan fingerprint density at radius 3 is 2.81 bits per heavy atom. The number of aryl methyl sites for hydroxylation is 1. The van der Waals surface area contributed by atoms with Gasteiger partial charge in [0.15, 0.2) is 0 Å². The van der Waals surface area contributed by atoms with E-state index in [0.717, 1.165) is 24.0 Å². The van der Waals surface area contributed by atoms with E-state index in [0.29, 0.717) is 37.5 Å². The first-order valence-electron chi connectivity index (χ1n) is 9.15. The van der Waals surface area contributed by atoms with Gasteiger partial charge in [-0.2, -0.15) is 4.98 Å². The topological polar surface area (TPSA) is 80.5 Å². The molecule has 0 aliphatic carbocycles. The van der Waals surface area contributed by atoms with Crippen LogP contribution >= 0.6 is 0 Å². The molecule has 1 aromatic heterocycles. The van der Waals surface area contributed by atoms with E-state index < -0.39 is 0 Å². The van der Waals surface area contributed by atoms with E-state index in [1.807, 2.05) is 45.0 Å². The molecule has 1 amide bonds. The Balaban J connectivity index is 1.56. The standard InChI is InChI=1S/C19H26N4O3/c1-4-25-19(24)23-11-9-15(10-12-23)20-14(3)18-21-17(22-26-18)16-8-6-5-7-13(16)2/h5-8,14-15,20H,4,9-12H2,1-3H3. The second kappa shape index (κ2) is 8.31. The van der Waals surface area contributed by atoms with Gasteiger partial charge in [-0.25, -0.2) is 4.79 Å². The number of amides is 1. The second-order valence-corrected chi connectivity index (χ2v) is 6.62. The summed E-state index contributed by atoms with van der Waals surface area (Å²) in [5, 5.41) is 7.65. The highest BCUT2D eigenvalue weighted by molar-refractivity contribution is 5.67. The molecule has 2 aromatic rings. The Morgan fingerprint density at radius 1 is 1.38 bits per heavy atom. The van der Waals surface area contributed by atoms with Crippen molar-refractivity contribution >= 4 is 6.09 Å². The molecule has 1 aromatic carbocycles. The normalized spacial score (nSPS) is 16.5. The van der Waals surface area contributed by atoms with Crippen molar-refractivity contribution in [2.45, 2.75) is 45.7 Å². The highest BCUT2D eigenvalue weighted by Gasteiger charge is 2.26. The van der Waals surface area contributed by atoms with E-state index >= 15 is 0 Å². The van der Waals surface area contributed by atoms with E-state index in [-0.39, 0.29) is 12.1 Å². The van der Waals surface area contributed by atoms with Gasteiger partial charge in [0.25, 0.3) is 0 Å². The maximum Gasteiger partial charge on any atom is 0.409 e. The van der Waals surface area contributed by atoms with Crippen molar-refractivity contribution in [2.75, 3.05) is 19.7 Å². The van der Waals surface area contributed by atoms with Gasteiger partial charge in [-0.1, -0.05) is 29.4 Å². The minimum Gasteiger partial charge on any atom is -0.450 e. The van der Waals surface area contributed by atoms with E-state index in [2.05, 4.69) is 15.5 Å². The first kappa shape index (κ1) is 18.4. The summed E-state index contributed by atoms with van der Waals surface area (Å²) >= 11 is 0. The van der Waals surface area contributed by atoms with Crippen LogP contribution in [0.3, 0.4) is 0 Å². The summed E-state index contributed by atoms with van der Waals surface area (Å²) in [6.45, 7) is 7.68. The highest BCUT2D eigenvalue weighted by Crippen LogP contribution is 2.23. The molecule has 1 unspecified atom stereocenters. The van der Waals surface area contributed by atoms with Crippen LogP contribution in [0, 0.1) is 6.92 Å². The number of aromatic nitrogens is 2. The fourth-order valence-corrected chi connectivity index (χ4v) is 3.21. The largest absolute Gasteiger partial charge is 0.450 e. The van der Waals surface area contributed by atoms with Crippen LogP contribution in [0.5, 0.6) is 0 Å². The van der Waals surface area contributed by atoms with Gasteiger partial charge in [0.05, 0.1) is 12.6 Å². The average Bonchev–Trinajstić information content (AvgIpc) is 3.13. The van der Waals surface area contributed by atoms with Gasteiger partial charge in [0, 0.05) is 24.7 Å². The van der Waals surface area contributed by atoms with E-state index in [4.69, 9.17) is 9.26 Å². The lowest BCUT2D eigenvalue weighted by molar-refractivity contribution is 0.0939. The van der Waals surface area contributed by atoms with Crippen LogP contribution < -0.4 is 5.32 Å². The molecule has 0 radical (unpaired) electrons. The number of carbonyl (C=O) groups excluding carboxylic acids is 1. The van der Waals surface area contributed by atoms with Gasteiger partial charge in [-0.15, -0.1) is 0 Å². The zero-order valence-corrected chi connectivity index (χ0v) is 15.6. The Kier molecular flexibility index (Phi) is 5.88. The van der Waals surface area contributed by atoms with Gasteiger partial charge in [0.2, 0.25) is 11.7 Å². The number of hydrogen-bond acceptors (Lipinski definition) is 6. The van der Waals surface area contributed by atoms with Gasteiger partial charge < -0.3 is 19.5 Å². The molecular formula is C19H26N4O3. The van der Waals surface area contributed by atoms with Crippen LogP contribution in [0.4, 0.5) is 4.79 Å². The van der Waals surface area contributed by atoms with Gasteiger partial charge in [-0.3, -0.25) is 0 Å². The smallest absolute Gasteiger partial charge is 0.409 e. The molecule has 0 bridgehead atoms. The summed E-state index contributed by atoms with van der Waals surface area (Å²) in [7, 11) is 0. The number of benzene rings is 1. The lowest BCUT2D eigenvalue weighted by Crippen LogP contribution is -2.45. The summed E-state index contributed by atoms with van der Waals surface area (Å²) in [6, 6.07) is 8.26. The molecule has 140 valence electrons. The molecule has 1 N–H and O–H groups in total. The maximum atomic E-state index is 11.8. The highest BCUT2D eigenvalue weighted by atomic mass is 16.6. The molecule has 3 rings (SSSR count). The molecular weight excluding hydrogens is 332 g/mol. The number of nitrogens with one attached hydrogen (secondary N) is 1. The molecule has 26 heavy (non-hydrogen) atoms. The first-order chi connectivity index (χ1) is 12.6. The van der Waals surface area contributed by atoms with Crippen molar-refractivity contribution in [3.05, 3.63) is 35.7 Å². The third-order valence-corrected chi connectivity index (χ3v) is 4.70. The summed E-state index contributed by atoms with van der Waals surface area (Å²) in [4.78, 5) is 18.1. The van der Waals surface area contributed by atoms with Crippen molar-refractivity contribution in [3.8, 4) is 11.4 Å². The van der Waals surface area contributed by atoms with Gasteiger partial charge in [-0.05, 0) is 39.2 Å². The first-order valence-corrected chi connectivity index (χ1v) is 9.15. The molecule has 0 spiro atoms. The number of piperidine rings is 1. The monoisotopic (exact) mass is 358 g/mol. The molecule has 7 heteroatoms. The van der Waals surface area contributed by atoms with Crippen LogP contribution in [-0.4, -0.2) is 46.9 Å². The zero-order chi connectivity index (χ0) is 18.5. The molecule has 1 saturated heterocycles. The predicted molar refractivity (Wildman–Crippen MR) is 97.6 cm³/mol. The molecule has 7 nitrogen and oxygen atoms in total.